The lowest BCUT2D eigenvalue weighted by Gasteiger charge is -2.40. The van der Waals surface area contributed by atoms with E-state index in [1.54, 1.807) is 12.1 Å². The van der Waals surface area contributed by atoms with Gasteiger partial charge in [-0.05, 0) is 37.6 Å². The molecule has 0 aliphatic carbocycles. The summed E-state index contributed by atoms with van der Waals surface area (Å²) in [6, 6.07) is 5.88. The molecule has 1 atom stereocenters. The maximum Gasteiger partial charge on any atom is 0.335 e. The van der Waals surface area contributed by atoms with Gasteiger partial charge in [-0.25, -0.2) is 4.79 Å². The highest BCUT2D eigenvalue weighted by atomic mass is 16.4. The topological polar surface area (TPSA) is 64.6 Å². The second kappa shape index (κ2) is 5.09. The molecule has 0 spiro atoms. The molecule has 0 radical (unpaired) electrons. The first-order valence-electron chi connectivity index (χ1n) is 6.84. The first-order chi connectivity index (χ1) is 9.25. The van der Waals surface area contributed by atoms with E-state index in [0.717, 1.165) is 37.6 Å². The minimum Gasteiger partial charge on any atom is -0.478 e. The first-order valence-corrected chi connectivity index (χ1v) is 6.84. The molecule has 1 unspecified atom stereocenters. The number of carboxylic acid groups (broad SMARTS) is 1. The van der Waals surface area contributed by atoms with Crippen molar-refractivity contribution >= 4 is 17.3 Å². The van der Waals surface area contributed by atoms with Crippen molar-refractivity contribution in [3.8, 4) is 0 Å². The third-order valence-corrected chi connectivity index (χ3v) is 3.93. The minimum atomic E-state index is -0.874. The maximum absolute atomic E-state index is 11.0. The summed E-state index contributed by atoms with van der Waals surface area (Å²) in [7, 11) is 0. The molecule has 0 amide bonds. The Balaban J connectivity index is 1.89. The van der Waals surface area contributed by atoms with Crippen LogP contribution in [-0.2, 0) is 0 Å². The van der Waals surface area contributed by atoms with Gasteiger partial charge in [0.2, 0.25) is 0 Å². The molecule has 1 aromatic rings. The normalized spacial score (nSPS) is 22.5. The van der Waals surface area contributed by atoms with Gasteiger partial charge in [0.15, 0.2) is 0 Å². The fraction of sp³-hybridized carbons (Fsp3) is 0.500. The third-order valence-electron chi connectivity index (χ3n) is 3.93. The molecule has 3 rings (SSSR count). The number of aromatic carboxylic acids is 1. The quantitative estimate of drug-likeness (QED) is 0.750. The Morgan fingerprint density at radius 1 is 1.37 bits per heavy atom. The Bertz CT molecular complexity index is 484. The molecule has 2 aliphatic heterocycles. The summed E-state index contributed by atoms with van der Waals surface area (Å²) >= 11 is 0. The SMILES string of the molecule is O=C(O)c1ccc2c(c1)NCCN2C1CCCNC1. The van der Waals surface area contributed by atoms with Crippen LogP contribution in [0.5, 0.6) is 0 Å². The Hall–Kier alpha value is -1.75. The van der Waals surface area contributed by atoms with Crippen LogP contribution >= 0.6 is 0 Å². The molecule has 1 saturated heterocycles. The predicted molar refractivity (Wildman–Crippen MR) is 75.1 cm³/mol. The molecule has 3 N–H and O–H groups in total. The molecule has 102 valence electrons. The lowest BCUT2D eigenvalue weighted by Crippen LogP contribution is -2.49. The molecule has 1 fully saturated rings. The summed E-state index contributed by atoms with van der Waals surface area (Å²) in [6.45, 7) is 3.96. The van der Waals surface area contributed by atoms with Gasteiger partial charge in [0, 0.05) is 25.7 Å². The van der Waals surface area contributed by atoms with Gasteiger partial charge in [0.25, 0.3) is 0 Å². The highest BCUT2D eigenvalue weighted by Gasteiger charge is 2.25. The fourth-order valence-corrected chi connectivity index (χ4v) is 2.97. The number of piperidine rings is 1. The molecule has 1 aromatic carbocycles. The van der Waals surface area contributed by atoms with Gasteiger partial charge in [-0.2, -0.15) is 0 Å². The number of hydrogen-bond donors (Lipinski definition) is 3. The van der Waals surface area contributed by atoms with Crippen LogP contribution in [0.3, 0.4) is 0 Å². The zero-order valence-corrected chi connectivity index (χ0v) is 10.9. The Labute approximate surface area is 112 Å². The molecule has 19 heavy (non-hydrogen) atoms. The van der Waals surface area contributed by atoms with Crippen molar-refractivity contribution < 1.29 is 9.90 Å². The average molecular weight is 261 g/mol. The minimum absolute atomic E-state index is 0.342. The number of nitrogens with zero attached hydrogens (tertiary/aromatic N) is 1. The van der Waals surface area contributed by atoms with E-state index in [0.29, 0.717) is 11.6 Å². The van der Waals surface area contributed by atoms with Gasteiger partial charge in [0.1, 0.15) is 0 Å². The van der Waals surface area contributed by atoms with Crippen molar-refractivity contribution in [2.45, 2.75) is 18.9 Å². The van der Waals surface area contributed by atoms with Crippen LogP contribution < -0.4 is 15.5 Å². The third kappa shape index (κ3) is 2.38. The number of rotatable bonds is 2. The first kappa shape index (κ1) is 12.3. The van der Waals surface area contributed by atoms with Crippen LogP contribution in [0.2, 0.25) is 0 Å². The van der Waals surface area contributed by atoms with Gasteiger partial charge in [0.05, 0.1) is 16.9 Å². The predicted octanol–water partition coefficient (Wildman–Crippen LogP) is 1.37. The van der Waals surface area contributed by atoms with Crippen molar-refractivity contribution in [1.29, 1.82) is 0 Å². The standard InChI is InChI=1S/C14H19N3O2/c18-14(19)10-3-4-13-12(8-10)16-6-7-17(13)11-2-1-5-15-9-11/h3-4,8,11,15-16H,1-2,5-7,9H2,(H,18,19). The lowest BCUT2D eigenvalue weighted by atomic mass is 10.0. The van der Waals surface area contributed by atoms with E-state index in [9.17, 15) is 4.79 Å². The van der Waals surface area contributed by atoms with Crippen molar-refractivity contribution in [1.82, 2.24) is 5.32 Å². The maximum atomic E-state index is 11.0. The second-order valence-corrected chi connectivity index (χ2v) is 5.16. The van der Waals surface area contributed by atoms with E-state index in [2.05, 4.69) is 15.5 Å². The van der Waals surface area contributed by atoms with Crippen LogP contribution in [0.1, 0.15) is 23.2 Å². The van der Waals surface area contributed by atoms with Gasteiger partial charge in [-0.1, -0.05) is 0 Å². The van der Waals surface area contributed by atoms with Crippen LogP contribution in [0.25, 0.3) is 0 Å². The van der Waals surface area contributed by atoms with E-state index in [-0.39, 0.29) is 0 Å². The molecular weight excluding hydrogens is 242 g/mol. The van der Waals surface area contributed by atoms with Crippen LogP contribution in [-0.4, -0.2) is 43.3 Å². The highest BCUT2D eigenvalue weighted by Crippen LogP contribution is 2.32. The fourth-order valence-electron chi connectivity index (χ4n) is 2.97. The smallest absolute Gasteiger partial charge is 0.335 e. The van der Waals surface area contributed by atoms with Gasteiger partial charge in [-0.15, -0.1) is 0 Å². The number of carboxylic acids is 1. The number of carbonyl (C=O) groups is 1. The Morgan fingerprint density at radius 2 is 2.26 bits per heavy atom. The monoisotopic (exact) mass is 261 g/mol. The van der Waals surface area contributed by atoms with E-state index in [1.165, 1.54) is 12.8 Å². The van der Waals surface area contributed by atoms with Crippen LogP contribution in [0.15, 0.2) is 18.2 Å². The molecule has 2 aliphatic rings. The number of benzene rings is 1. The largest absolute Gasteiger partial charge is 0.478 e. The average Bonchev–Trinajstić information content (AvgIpc) is 2.47. The summed E-state index contributed by atoms with van der Waals surface area (Å²) in [6.07, 6.45) is 2.41. The van der Waals surface area contributed by atoms with Crippen molar-refractivity contribution in [2.24, 2.45) is 0 Å². The number of nitrogens with one attached hydrogen (secondary N) is 2. The van der Waals surface area contributed by atoms with E-state index in [1.807, 2.05) is 6.07 Å². The van der Waals surface area contributed by atoms with Crippen molar-refractivity contribution in [3.63, 3.8) is 0 Å². The molecule has 0 bridgehead atoms. The number of anilines is 2. The summed E-state index contributed by atoms with van der Waals surface area (Å²) in [5, 5.41) is 15.8. The molecule has 0 aromatic heterocycles. The molecule has 2 heterocycles. The Morgan fingerprint density at radius 3 is 3.00 bits per heavy atom. The van der Waals surface area contributed by atoms with Gasteiger partial charge >= 0.3 is 5.97 Å². The Kier molecular flexibility index (Phi) is 3.29. The number of fused-ring (bicyclic) bond motifs is 1. The van der Waals surface area contributed by atoms with Crippen LogP contribution in [0.4, 0.5) is 11.4 Å². The summed E-state index contributed by atoms with van der Waals surface area (Å²) in [5.41, 5.74) is 2.41. The number of hydrogen-bond acceptors (Lipinski definition) is 4. The summed E-state index contributed by atoms with van der Waals surface area (Å²) in [4.78, 5) is 13.4. The highest BCUT2D eigenvalue weighted by molar-refractivity contribution is 5.91. The van der Waals surface area contributed by atoms with E-state index in [4.69, 9.17) is 5.11 Å². The zero-order valence-electron chi connectivity index (χ0n) is 10.9. The van der Waals surface area contributed by atoms with E-state index < -0.39 is 5.97 Å². The van der Waals surface area contributed by atoms with Gasteiger partial charge in [-0.3, -0.25) is 0 Å². The zero-order chi connectivity index (χ0) is 13.2. The lowest BCUT2D eigenvalue weighted by molar-refractivity contribution is 0.0697. The molecule has 5 nitrogen and oxygen atoms in total. The summed E-state index contributed by atoms with van der Waals surface area (Å²) < 4.78 is 0. The van der Waals surface area contributed by atoms with Crippen molar-refractivity contribution in [3.05, 3.63) is 23.8 Å². The van der Waals surface area contributed by atoms with Crippen LogP contribution in [0, 0.1) is 0 Å². The molecular formula is C14H19N3O2. The van der Waals surface area contributed by atoms with E-state index >= 15 is 0 Å². The van der Waals surface area contributed by atoms with Crippen molar-refractivity contribution in [2.75, 3.05) is 36.4 Å². The summed E-state index contributed by atoms with van der Waals surface area (Å²) in [5.74, 6) is -0.874. The second-order valence-electron chi connectivity index (χ2n) is 5.16. The molecule has 5 heteroatoms. The molecule has 0 saturated carbocycles. The van der Waals surface area contributed by atoms with Gasteiger partial charge < -0.3 is 20.6 Å².